The maximum absolute atomic E-state index is 14.1. The van der Waals surface area contributed by atoms with E-state index in [9.17, 15) is 13.6 Å². The number of hydrogen-bond acceptors (Lipinski definition) is 3. The summed E-state index contributed by atoms with van der Waals surface area (Å²) >= 11 is 6.06. The molecule has 1 aliphatic rings. The van der Waals surface area contributed by atoms with Gasteiger partial charge in [0, 0.05) is 58.3 Å². The Morgan fingerprint density at radius 2 is 1.82 bits per heavy atom. The van der Waals surface area contributed by atoms with Gasteiger partial charge < -0.3 is 10.2 Å². The first-order chi connectivity index (χ1) is 16.5. The van der Waals surface area contributed by atoms with Gasteiger partial charge >= 0.3 is 0 Å². The van der Waals surface area contributed by atoms with E-state index in [1.807, 2.05) is 42.5 Å². The number of carbonyl (C=O) groups excluding carboxylic acids is 1. The molecule has 0 unspecified atom stereocenters. The summed E-state index contributed by atoms with van der Waals surface area (Å²) < 4.78 is 27.3. The molecular weight excluding hydrogens is 456 g/mol. The minimum Gasteiger partial charge on any atom is -0.355 e. The van der Waals surface area contributed by atoms with Crippen LogP contribution in [0.1, 0.15) is 22.3 Å². The minimum absolute atomic E-state index is 0.0922. The van der Waals surface area contributed by atoms with Crippen molar-refractivity contribution in [2.75, 3.05) is 18.4 Å². The lowest BCUT2D eigenvalue weighted by Crippen LogP contribution is -2.34. The zero-order valence-corrected chi connectivity index (χ0v) is 18.8. The number of halogens is 3. The fourth-order valence-electron chi connectivity index (χ4n) is 4.11. The molecule has 0 saturated heterocycles. The second-order valence-corrected chi connectivity index (χ2v) is 8.51. The standard InChI is InChI=1S/C27H20ClF2N3O/c28-19-3-7-23-25(9-12-31-26(23)15-19)32-21-5-1-18(2-6-21)27(34)33-13-10-17(11-14-33)22-8-4-20(29)16-24(22)30/h1-10,12,15-16H,11,13-14H2,(H,31,32). The van der Waals surface area contributed by atoms with Gasteiger partial charge in [-0.25, -0.2) is 8.78 Å². The number of pyridine rings is 1. The molecule has 1 N–H and O–H groups in total. The van der Waals surface area contributed by atoms with E-state index in [1.54, 1.807) is 23.2 Å². The van der Waals surface area contributed by atoms with Gasteiger partial charge in [-0.1, -0.05) is 17.7 Å². The number of hydrogen-bond donors (Lipinski definition) is 1. The summed E-state index contributed by atoms with van der Waals surface area (Å²) in [7, 11) is 0. The van der Waals surface area contributed by atoms with Crippen LogP contribution in [0, 0.1) is 11.6 Å². The van der Waals surface area contributed by atoms with Crippen LogP contribution in [0.25, 0.3) is 16.5 Å². The first-order valence-corrected chi connectivity index (χ1v) is 11.2. The van der Waals surface area contributed by atoms with E-state index < -0.39 is 11.6 Å². The summed E-state index contributed by atoms with van der Waals surface area (Å²) in [5.74, 6) is -1.28. The van der Waals surface area contributed by atoms with Crippen molar-refractivity contribution in [3.8, 4) is 0 Å². The lowest BCUT2D eigenvalue weighted by Gasteiger charge is -2.27. The van der Waals surface area contributed by atoms with Crippen LogP contribution in [-0.4, -0.2) is 28.9 Å². The van der Waals surface area contributed by atoms with Crippen molar-refractivity contribution in [2.24, 2.45) is 0 Å². The predicted octanol–water partition coefficient (Wildman–Crippen LogP) is 6.84. The van der Waals surface area contributed by atoms with Crippen molar-refractivity contribution in [2.45, 2.75) is 6.42 Å². The van der Waals surface area contributed by atoms with E-state index in [0.29, 0.717) is 35.7 Å². The molecule has 0 fully saturated rings. The largest absolute Gasteiger partial charge is 0.355 e. The summed E-state index contributed by atoms with van der Waals surface area (Å²) in [4.78, 5) is 19.0. The highest BCUT2D eigenvalue weighted by atomic mass is 35.5. The van der Waals surface area contributed by atoms with Crippen molar-refractivity contribution >= 4 is 45.4 Å². The molecule has 34 heavy (non-hydrogen) atoms. The Balaban J connectivity index is 1.28. The van der Waals surface area contributed by atoms with Gasteiger partial charge in [-0.2, -0.15) is 0 Å². The third-order valence-corrected chi connectivity index (χ3v) is 6.12. The van der Waals surface area contributed by atoms with E-state index in [-0.39, 0.29) is 5.91 Å². The average Bonchev–Trinajstić information content (AvgIpc) is 2.84. The average molecular weight is 476 g/mol. The quantitative estimate of drug-likeness (QED) is 0.351. The van der Waals surface area contributed by atoms with E-state index in [2.05, 4.69) is 10.3 Å². The molecule has 0 bridgehead atoms. The Kier molecular flexibility index (Phi) is 5.99. The van der Waals surface area contributed by atoms with Crippen molar-refractivity contribution < 1.29 is 13.6 Å². The maximum Gasteiger partial charge on any atom is 0.254 e. The number of amides is 1. The Morgan fingerprint density at radius 1 is 1.00 bits per heavy atom. The third-order valence-electron chi connectivity index (χ3n) is 5.89. The highest BCUT2D eigenvalue weighted by molar-refractivity contribution is 6.31. The molecule has 0 atom stereocenters. The summed E-state index contributed by atoms with van der Waals surface area (Å²) in [5, 5.41) is 4.94. The summed E-state index contributed by atoms with van der Waals surface area (Å²) in [6, 6.07) is 18.3. The van der Waals surface area contributed by atoms with Crippen LogP contribution in [0.3, 0.4) is 0 Å². The van der Waals surface area contributed by atoms with Crippen LogP contribution in [0.4, 0.5) is 20.2 Å². The lowest BCUT2D eigenvalue weighted by molar-refractivity contribution is 0.0773. The molecule has 3 aromatic carbocycles. The first kappa shape index (κ1) is 22.0. The predicted molar refractivity (Wildman–Crippen MR) is 131 cm³/mol. The molecule has 170 valence electrons. The van der Waals surface area contributed by atoms with Crippen LogP contribution in [0.5, 0.6) is 0 Å². The summed E-state index contributed by atoms with van der Waals surface area (Å²) in [6.07, 6.45) is 4.05. The van der Waals surface area contributed by atoms with Crippen LogP contribution in [0.2, 0.25) is 5.02 Å². The highest BCUT2D eigenvalue weighted by Crippen LogP contribution is 2.28. The zero-order chi connectivity index (χ0) is 23.7. The van der Waals surface area contributed by atoms with Gasteiger partial charge in [-0.05, 0) is 72.7 Å². The SMILES string of the molecule is O=C(c1ccc(Nc2ccnc3cc(Cl)ccc23)cc1)N1CC=C(c2ccc(F)cc2F)CC1. The third kappa shape index (κ3) is 4.50. The van der Waals surface area contributed by atoms with Crippen LogP contribution >= 0.6 is 11.6 Å². The highest BCUT2D eigenvalue weighted by Gasteiger charge is 2.20. The second-order valence-electron chi connectivity index (χ2n) is 8.08. The first-order valence-electron chi connectivity index (χ1n) is 10.8. The molecule has 7 heteroatoms. The molecule has 2 heterocycles. The topological polar surface area (TPSA) is 45.2 Å². The molecule has 0 spiro atoms. The van der Waals surface area contributed by atoms with Crippen LogP contribution in [0.15, 0.2) is 79.0 Å². The van der Waals surface area contributed by atoms with E-state index >= 15 is 0 Å². The molecule has 1 aromatic heterocycles. The van der Waals surface area contributed by atoms with Gasteiger partial charge in [0.2, 0.25) is 0 Å². The number of anilines is 2. The normalized spacial score (nSPS) is 13.6. The summed E-state index contributed by atoms with van der Waals surface area (Å²) in [6.45, 7) is 0.837. The molecule has 5 rings (SSSR count). The lowest BCUT2D eigenvalue weighted by atomic mass is 9.98. The molecule has 0 radical (unpaired) electrons. The van der Waals surface area contributed by atoms with Gasteiger partial charge in [0.05, 0.1) is 5.52 Å². The Hall–Kier alpha value is -3.77. The zero-order valence-electron chi connectivity index (χ0n) is 18.1. The van der Waals surface area contributed by atoms with Crippen LogP contribution in [-0.2, 0) is 0 Å². The number of aromatic nitrogens is 1. The van der Waals surface area contributed by atoms with Gasteiger partial charge in [-0.15, -0.1) is 0 Å². The van der Waals surface area contributed by atoms with Gasteiger partial charge in [0.15, 0.2) is 0 Å². The molecule has 4 aromatic rings. The van der Waals surface area contributed by atoms with Gasteiger partial charge in [0.25, 0.3) is 5.91 Å². The minimum atomic E-state index is -0.603. The van der Waals surface area contributed by atoms with Crippen LogP contribution < -0.4 is 5.32 Å². The van der Waals surface area contributed by atoms with Crippen molar-refractivity contribution in [1.82, 2.24) is 9.88 Å². The van der Waals surface area contributed by atoms with Crippen molar-refractivity contribution in [3.05, 3.63) is 107 Å². The van der Waals surface area contributed by atoms with Crippen molar-refractivity contribution in [3.63, 3.8) is 0 Å². The number of rotatable bonds is 4. The Labute approximate surface area is 200 Å². The number of nitrogens with one attached hydrogen (secondary N) is 1. The number of nitrogens with zero attached hydrogens (tertiary/aromatic N) is 2. The summed E-state index contributed by atoms with van der Waals surface area (Å²) in [5.41, 5.74) is 4.26. The molecule has 0 saturated carbocycles. The molecule has 1 aliphatic heterocycles. The fraction of sp³-hybridized carbons (Fsp3) is 0.111. The molecule has 4 nitrogen and oxygen atoms in total. The van der Waals surface area contributed by atoms with E-state index in [4.69, 9.17) is 11.6 Å². The van der Waals surface area contributed by atoms with E-state index in [0.717, 1.165) is 33.9 Å². The fourth-order valence-corrected chi connectivity index (χ4v) is 4.28. The molecular formula is C27H20ClF2N3O. The van der Waals surface area contributed by atoms with Gasteiger partial charge in [0.1, 0.15) is 11.6 Å². The van der Waals surface area contributed by atoms with Crippen molar-refractivity contribution in [1.29, 1.82) is 0 Å². The van der Waals surface area contributed by atoms with E-state index in [1.165, 1.54) is 12.1 Å². The molecule has 0 aliphatic carbocycles. The smallest absolute Gasteiger partial charge is 0.254 e. The second kappa shape index (κ2) is 9.23. The number of benzene rings is 3. The number of carbonyl (C=O) groups is 1. The maximum atomic E-state index is 14.1. The monoisotopic (exact) mass is 475 g/mol. The molecule has 1 amide bonds. The number of fused-ring (bicyclic) bond motifs is 1. The Bertz CT molecular complexity index is 1420. The Morgan fingerprint density at radius 3 is 2.56 bits per heavy atom. The van der Waals surface area contributed by atoms with Gasteiger partial charge in [-0.3, -0.25) is 9.78 Å².